The lowest BCUT2D eigenvalue weighted by molar-refractivity contribution is -0.119. The highest BCUT2D eigenvalue weighted by atomic mass is 35.5. The molecule has 3 rings (SSSR count). The van der Waals surface area contributed by atoms with E-state index in [-0.39, 0.29) is 11.3 Å². The molecule has 28 heavy (non-hydrogen) atoms. The van der Waals surface area contributed by atoms with E-state index in [1.165, 1.54) is 24.5 Å². The van der Waals surface area contributed by atoms with Gasteiger partial charge in [0.05, 0.1) is 11.8 Å². The number of furan rings is 1. The number of anilines is 2. The summed E-state index contributed by atoms with van der Waals surface area (Å²) in [7, 11) is 0. The van der Waals surface area contributed by atoms with Crippen molar-refractivity contribution in [2.45, 2.75) is 0 Å². The van der Waals surface area contributed by atoms with Crippen molar-refractivity contribution in [3.8, 4) is 0 Å². The Morgan fingerprint density at radius 2 is 1.71 bits per heavy atom. The number of carbonyl (C=O) groups excluding carboxylic acids is 3. The smallest absolute Gasteiger partial charge is 0.338 e. The minimum absolute atomic E-state index is 0.175. The highest BCUT2D eigenvalue weighted by Crippen LogP contribution is 2.15. The predicted molar refractivity (Wildman–Crippen MR) is 103 cm³/mol. The quantitative estimate of drug-likeness (QED) is 0.612. The average Bonchev–Trinajstić information content (AvgIpc) is 3.22. The summed E-state index contributed by atoms with van der Waals surface area (Å²) in [5, 5.41) is 5.69. The second-order valence-corrected chi connectivity index (χ2v) is 6.08. The van der Waals surface area contributed by atoms with Crippen molar-refractivity contribution in [1.82, 2.24) is 0 Å². The Morgan fingerprint density at radius 1 is 0.929 bits per heavy atom. The van der Waals surface area contributed by atoms with Crippen LogP contribution in [0.2, 0.25) is 5.02 Å². The maximum absolute atomic E-state index is 12.1. The van der Waals surface area contributed by atoms with Crippen LogP contribution in [0.5, 0.6) is 0 Å². The third-order valence-electron chi connectivity index (χ3n) is 3.57. The molecule has 3 aromatic rings. The van der Waals surface area contributed by atoms with Gasteiger partial charge >= 0.3 is 5.97 Å². The van der Waals surface area contributed by atoms with Crippen molar-refractivity contribution in [3.63, 3.8) is 0 Å². The average molecular weight is 399 g/mol. The molecule has 0 saturated heterocycles. The molecule has 142 valence electrons. The highest BCUT2D eigenvalue weighted by Gasteiger charge is 2.12. The summed E-state index contributed by atoms with van der Waals surface area (Å²) in [6.07, 6.45) is 1.40. The second-order valence-electron chi connectivity index (χ2n) is 5.64. The van der Waals surface area contributed by atoms with Gasteiger partial charge in [-0.2, -0.15) is 0 Å². The third kappa shape index (κ3) is 5.21. The molecule has 7 nitrogen and oxygen atoms in total. The molecule has 0 fully saturated rings. The molecule has 0 spiro atoms. The first-order chi connectivity index (χ1) is 13.5. The van der Waals surface area contributed by atoms with Gasteiger partial charge in [-0.1, -0.05) is 17.7 Å². The number of carbonyl (C=O) groups is 3. The first kappa shape index (κ1) is 19.2. The molecule has 0 aliphatic rings. The lowest BCUT2D eigenvalue weighted by Gasteiger charge is -2.08. The zero-order valence-corrected chi connectivity index (χ0v) is 15.2. The lowest BCUT2D eigenvalue weighted by atomic mass is 10.2. The van der Waals surface area contributed by atoms with Crippen molar-refractivity contribution in [3.05, 3.63) is 83.3 Å². The van der Waals surface area contributed by atoms with Gasteiger partial charge in [-0.25, -0.2) is 4.79 Å². The van der Waals surface area contributed by atoms with E-state index in [4.69, 9.17) is 20.8 Å². The SMILES string of the molecule is O=C(COC(=O)c1ccc(NC(=O)c2ccco2)cc1)Nc1cccc(Cl)c1. The van der Waals surface area contributed by atoms with E-state index in [2.05, 4.69) is 10.6 Å². The van der Waals surface area contributed by atoms with Crippen LogP contribution in [0.15, 0.2) is 71.3 Å². The maximum atomic E-state index is 12.1. The van der Waals surface area contributed by atoms with E-state index in [0.717, 1.165) is 0 Å². The molecule has 1 heterocycles. The van der Waals surface area contributed by atoms with Gasteiger partial charge in [0.2, 0.25) is 0 Å². The Balaban J connectivity index is 1.50. The molecule has 1 aromatic heterocycles. The number of nitrogens with one attached hydrogen (secondary N) is 2. The van der Waals surface area contributed by atoms with E-state index >= 15 is 0 Å². The van der Waals surface area contributed by atoms with Crippen molar-refractivity contribution >= 4 is 40.8 Å². The number of benzene rings is 2. The second kappa shape index (κ2) is 8.88. The summed E-state index contributed by atoms with van der Waals surface area (Å²) < 4.78 is 9.99. The zero-order chi connectivity index (χ0) is 19.9. The van der Waals surface area contributed by atoms with Crippen molar-refractivity contribution < 1.29 is 23.5 Å². The lowest BCUT2D eigenvalue weighted by Crippen LogP contribution is -2.21. The van der Waals surface area contributed by atoms with Crippen LogP contribution in [0, 0.1) is 0 Å². The van der Waals surface area contributed by atoms with E-state index in [1.807, 2.05) is 0 Å². The topological polar surface area (TPSA) is 97.6 Å². The Kier molecular flexibility index (Phi) is 6.08. The summed E-state index contributed by atoms with van der Waals surface area (Å²) in [6, 6.07) is 15.8. The first-order valence-corrected chi connectivity index (χ1v) is 8.56. The number of ether oxygens (including phenoxy) is 1. The van der Waals surface area contributed by atoms with Crippen LogP contribution in [0.4, 0.5) is 11.4 Å². The van der Waals surface area contributed by atoms with Crippen LogP contribution in [0.3, 0.4) is 0 Å². The molecule has 0 aliphatic carbocycles. The maximum Gasteiger partial charge on any atom is 0.338 e. The Morgan fingerprint density at radius 3 is 2.39 bits per heavy atom. The molecule has 0 aliphatic heterocycles. The van der Waals surface area contributed by atoms with E-state index in [9.17, 15) is 14.4 Å². The van der Waals surface area contributed by atoms with Gasteiger partial charge in [-0.3, -0.25) is 9.59 Å². The fourth-order valence-electron chi connectivity index (χ4n) is 2.27. The van der Waals surface area contributed by atoms with Crippen molar-refractivity contribution in [1.29, 1.82) is 0 Å². The van der Waals surface area contributed by atoms with Crippen LogP contribution in [0.1, 0.15) is 20.9 Å². The zero-order valence-electron chi connectivity index (χ0n) is 14.5. The first-order valence-electron chi connectivity index (χ1n) is 8.19. The van der Waals surface area contributed by atoms with Gasteiger partial charge in [0.1, 0.15) is 0 Å². The Labute approximate surface area is 165 Å². The molecule has 2 amide bonds. The molecule has 0 unspecified atom stereocenters. The van der Waals surface area contributed by atoms with Crippen molar-refractivity contribution in [2.75, 3.05) is 17.2 Å². The van der Waals surface area contributed by atoms with Crippen LogP contribution in [-0.2, 0) is 9.53 Å². The van der Waals surface area contributed by atoms with Gasteiger partial charge < -0.3 is 19.8 Å². The molecule has 0 bridgehead atoms. The molecule has 0 saturated carbocycles. The molecular formula is C20H15ClN2O5. The minimum Gasteiger partial charge on any atom is -0.459 e. The fraction of sp³-hybridized carbons (Fsp3) is 0.0500. The summed E-state index contributed by atoms with van der Waals surface area (Å²) in [5.74, 6) is -1.38. The van der Waals surface area contributed by atoms with Crippen LogP contribution < -0.4 is 10.6 Å². The third-order valence-corrected chi connectivity index (χ3v) is 3.80. The van der Waals surface area contributed by atoms with Crippen molar-refractivity contribution in [2.24, 2.45) is 0 Å². The normalized spacial score (nSPS) is 10.2. The summed E-state index contributed by atoms with van der Waals surface area (Å²) in [4.78, 5) is 35.8. The number of hydrogen-bond donors (Lipinski definition) is 2. The molecule has 2 aromatic carbocycles. The number of amides is 2. The molecule has 8 heteroatoms. The Hall–Kier alpha value is -3.58. The van der Waals surface area contributed by atoms with Gasteiger partial charge in [-0.05, 0) is 54.6 Å². The summed E-state index contributed by atoms with van der Waals surface area (Å²) in [6.45, 7) is -0.442. The summed E-state index contributed by atoms with van der Waals surface area (Å²) in [5.41, 5.74) is 1.23. The number of hydrogen-bond acceptors (Lipinski definition) is 5. The highest BCUT2D eigenvalue weighted by molar-refractivity contribution is 6.30. The minimum atomic E-state index is -0.662. The molecule has 0 atom stereocenters. The molecule has 2 N–H and O–H groups in total. The molecule has 0 radical (unpaired) electrons. The van der Waals surface area contributed by atoms with E-state index in [0.29, 0.717) is 16.4 Å². The predicted octanol–water partition coefficient (Wildman–Crippen LogP) is 3.98. The van der Waals surface area contributed by atoms with E-state index < -0.39 is 24.4 Å². The number of rotatable bonds is 6. The van der Waals surface area contributed by atoms with Gasteiger partial charge in [0.25, 0.3) is 11.8 Å². The van der Waals surface area contributed by atoms with Crippen LogP contribution in [-0.4, -0.2) is 24.4 Å². The van der Waals surface area contributed by atoms with Gasteiger partial charge in [0, 0.05) is 16.4 Å². The number of halogens is 1. The van der Waals surface area contributed by atoms with E-state index in [1.54, 1.807) is 42.5 Å². The molecular weight excluding hydrogens is 384 g/mol. The van der Waals surface area contributed by atoms with Gasteiger partial charge in [0.15, 0.2) is 12.4 Å². The van der Waals surface area contributed by atoms with Gasteiger partial charge in [-0.15, -0.1) is 0 Å². The Bertz CT molecular complexity index is 984. The largest absolute Gasteiger partial charge is 0.459 e. The fourth-order valence-corrected chi connectivity index (χ4v) is 2.46. The monoisotopic (exact) mass is 398 g/mol. The van der Waals surface area contributed by atoms with Crippen LogP contribution >= 0.6 is 11.6 Å². The standard InChI is InChI=1S/C20H15ClN2O5/c21-14-3-1-4-16(11-14)22-18(24)12-28-20(26)13-6-8-15(9-7-13)23-19(25)17-5-2-10-27-17/h1-11H,12H2,(H,22,24)(H,23,25). The number of esters is 1. The van der Waals surface area contributed by atoms with Crippen LogP contribution in [0.25, 0.3) is 0 Å². The summed E-state index contributed by atoms with van der Waals surface area (Å²) >= 11 is 5.84.